The molecule has 0 atom stereocenters. The maximum Gasteiger partial charge on any atom is 0.0753 e. The van der Waals surface area contributed by atoms with Crippen molar-refractivity contribution in [3.63, 3.8) is 0 Å². The van der Waals surface area contributed by atoms with Crippen LogP contribution in [0.15, 0.2) is 12.4 Å². The van der Waals surface area contributed by atoms with Crippen LogP contribution in [0.3, 0.4) is 0 Å². The van der Waals surface area contributed by atoms with Crippen LogP contribution in [0, 0.1) is 0 Å². The van der Waals surface area contributed by atoms with Gasteiger partial charge in [-0.1, -0.05) is 0 Å². The maximum absolute atomic E-state index is 4.39. The first-order valence-corrected chi connectivity index (χ1v) is 6.02. The molecule has 0 unspecified atom stereocenters. The average molecular weight is 222 g/mol. The summed E-state index contributed by atoms with van der Waals surface area (Å²) in [5.74, 6) is 0. The van der Waals surface area contributed by atoms with Crippen LogP contribution >= 0.6 is 0 Å². The van der Waals surface area contributed by atoms with Gasteiger partial charge in [-0.3, -0.25) is 4.68 Å². The molecule has 1 aliphatic heterocycles. The van der Waals surface area contributed by atoms with Crippen LogP contribution < -0.4 is 10.2 Å². The highest BCUT2D eigenvalue weighted by atomic mass is 15.3. The average Bonchev–Trinajstić information content (AvgIpc) is 2.64. The third kappa shape index (κ3) is 2.38. The Labute approximate surface area is 97.6 Å². The van der Waals surface area contributed by atoms with Crippen molar-refractivity contribution >= 4 is 5.69 Å². The van der Waals surface area contributed by atoms with Crippen molar-refractivity contribution in [1.82, 2.24) is 15.1 Å². The molecule has 1 aromatic rings. The number of aromatic nitrogens is 2. The number of nitrogens with one attached hydrogen (secondary N) is 1. The molecular weight excluding hydrogens is 200 g/mol. The van der Waals surface area contributed by atoms with E-state index in [0.717, 1.165) is 19.6 Å². The Morgan fingerprint density at radius 2 is 2.19 bits per heavy atom. The highest BCUT2D eigenvalue weighted by molar-refractivity contribution is 5.43. The molecule has 2 rings (SSSR count). The van der Waals surface area contributed by atoms with Crippen molar-refractivity contribution in [2.24, 2.45) is 0 Å². The van der Waals surface area contributed by atoms with Gasteiger partial charge in [0.25, 0.3) is 0 Å². The van der Waals surface area contributed by atoms with E-state index >= 15 is 0 Å². The first kappa shape index (κ1) is 11.5. The van der Waals surface area contributed by atoms with Crippen LogP contribution in [0.1, 0.15) is 33.7 Å². The SMILES string of the molecule is CC(C)n1cc(N2CCNC(C)(C)C2)cn1. The van der Waals surface area contributed by atoms with Gasteiger partial charge in [0.15, 0.2) is 0 Å². The smallest absolute Gasteiger partial charge is 0.0753 e. The van der Waals surface area contributed by atoms with Crippen LogP contribution in [0.5, 0.6) is 0 Å². The molecule has 0 bridgehead atoms. The third-order valence-electron chi connectivity index (χ3n) is 3.05. The molecule has 0 amide bonds. The lowest BCUT2D eigenvalue weighted by Gasteiger charge is -2.39. The van der Waals surface area contributed by atoms with E-state index in [-0.39, 0.29) is 5.54 Å². The standard InChI is InChI=1S/C12H22N4/c1-10(2)16-8-11(7-14-16)15-6-5-13-12(3,4)9-15/h7-8,10,13H,5-6,9H2,1-4H3. The number of hydrogen-bond donors (Lipinski definition) is 1. The van der Waals surface area contributed by atoms with Crippen molar-refractivity contribution < 1.29 is 0 Å². The van der Waals surface area contributed by atoms with E-state index in [1.807, 2.05) is 10.9 Å². The van der Waals surface area contributed by atoms with E-state index in [4.69, 9.17) is 0 Å². The Kier molecular flexibility index (Phi) is 2.93. The third-order valence-corrected chi connectivity index (χ3v) is 3.05. The van der Waals surface area contributed by atoms with Gasteiger partial charge in [-0.15, -0.1) is 0 Å². The lowest BCUT2D eigenvalue weighted by molar-refractivity contribution is 0.353. The van der Waals surface area contributed by atoms with Crippen LogP contribution in [0.4, 0.5) is 5.69 Å². The summed E-state index contributed by atoms with van der Waals surface area (Å²) in [6.45, 7) is 11.9. The second-order valence-corrected chi connectivity index (χ2v) is 5.50. The van der Waals surface area contributed by atoms with Gasteiger partial charge < -0.3 is 10.2 Å². The Morgan fingerprint density at radius 3 is 2.75 bits per heavy atom. The normalized spacial score (nSPS) is 20.4. The summed E-state index contributed by atoms with van der Waals surface area (Å²) >= 11 is 0. The number of anilines is 1. The lowest BCUT2D eigenvalue weighted by Crippen LogP contribution is -2.57. The lowest BCUT2D eigenvalue weighted by atomic mass is 10.0. The van der Waals surface area contributed by atoms with Crippen molar-refractivity contribution in [1.29, 1.82) is 0 Å². The molecule has 2 heterocycles. The molecule has 0 aliphatic carbocycles. The Balaban J connectivity index is 2.11. The monoisotopic (exact) mass is 222 g/mol. The fourth-order valence-corrected chi connectivity index (χ4v) is 2.14. The Hall–Kier alpha value is -1.03. The Morgan fingerprint density at radius 1 is 1.44 bits per heavy atom. The minimum Gasteiger partial charge on any atom is -0.366 e. The molecule has 0 saturated carbocycles. The van der Waals surface area contributed by atoms with E-state index < -0.39 is 0 Å². The van der Waals surface area contributed by atoms with Crippen molar-refractivity contribution in [2.45, 2.75) is 39.3 Å². The Bertz CT molecular complexity index is 354. The van der Waals surface area contributed by atoms with Crippen LogP contribution in [-0.4, -0.2) is 35.0 Å². The summed E-state index contributed by atoms with van der Waals surface area (Å²) in [4.78, 5) is 2.41. The van der Waals surface area contributed by atoms with Gasteiger partial charge in [0.05, 0.1) is 11.9 Å². The molecule has 1 fully saturated rings. The van der Waals surface area contributed by atoms with Gasteiger partial charge >= 0.3 is 0 Å². The highest BCUT2D eigenvalue weighted by Gasteiger charge is 2.26. The number of piperazine rings is 1. The van der Waals surface area contributed by atoms with Crippen molar-refractivity contribution in [3.8, 4) is 0 Å². The number of rotatable bonds is 2. The summed E-state index contributed by atoms with van der Waals surface area (Å²) < 4.78 is 2.02. The molecule has 1 aliphatic rings. The summed E-state index contributed by atoms with van der Waals surface area (Å²) in [5.41, 5.74) is 1.43. The van der Waals surface area contributed by atoms with Crippen molar-refractivity contribution in [3.05, 3.63) is 12.4 Å². The molecule has 4 heteroatoms. The van der Waals surface area contributed by atoms with Crippen LogP contribution in [0.2, 0.25) is 0 Å². The molecule has 0 spiro atoms. The first-order chi connectivity index (χ1) is 7.48. The summed E-state index contributed by atoms with van der Waals surface area (Å²) in [6.07, 6.45) is 4.12. The van der Waals surface area contributed by atoms with Gasteiger partial charge in [-0.05, 0) is 27.7 Å². The van der Waals surface area contributed by atoms with E-state index in [1.54, 1.807) is 0 Å². The van der Waals surface area contributed by atoms with Gasteiger partial charge in [0, 0.05) is 37.4 Å². The topological polar surface area (TPSA) is 33.1 Å². The van der Waals surface area contributed by atoms with Gasteiger partial charge in [0.2, 0.25) is 0 Å². The molecule has 90 valence electrons. The molecule has 1 N–H and O–H groups in total. The molecular formula is C12H22N4. The van der Waals surface area contributed by atoms with Gasteiger partial charge in [-0.2, -0.15) is 5.10 Å². The fourth-order valence-electron chi connectivity index (χ4n) is 2.14. The first-order valence-electron chi connectivity index (χ1n) is 6.02. The van der Waals surface area contributed by atoms with Gasteiger partial charge in [-0.25, -0.2) is 0 Å². The van der Waals surface area contributed by atoms with E-state index in [9.17, 15) is 0 Å². The number of nitrogens with zero attached hydrogens (tertiary/aromatic N) is 3. The van der Waals surface area contributed by atoms with E-state index in [1.165, 1.54) is 5.69 Å². The second-order valence-electron chi connectivity index (χ2n) is 5.50. The minimum absolute atomic E-state index is 0.193. The van der Waals surface area contributed by atoms with Crippen LogP contribution in [-0.2, 0) is 0 Å². The zero-order valence-corrected chi connectivity index (χ0v) is 10.7. The minimum atomic E-state index is 0.193. The van der Waals surface area contributed by atoms with Crippen molar-refractivity contribution in [2.75, 3.05) is 24.5 Å². The molecule has 16 heavy (non-hydrogen) atoms. The molecule has 0 radical (unpaired) electrons. The largest absolute Gasteiger partial charge is 0.366 e. The molecule has 0 aromatic carbocycles. The zero-order valence-electron chi connectivity index (χ0n) is 10.7. The van der Waals surface area contributed by atoms with Gasteiger partial charge in [0.1, 0.15) is 0 Å². The molecule has 1 saturated heterocycles. The highest BCUT2D eigenvalue weighted by Crippen LogP contribution is 2.20. The predicted octanol–water partition coefficient (Wildman–Crippen LogP) is 1.65. The van der Waals surface area contributed by atoms with Crippen LogP contribution in [0.25, 0.3) is 0 Å². The van der Waals surface area contributed by atoms with E-state index in [2.05, 4.69) is 49.2 Å². The second kappa shape index (κ2) is 4.09. The maximum atomic E-state index is 4.39. The molecule has 1 aromatic heterocycles. The van der Waals surface area contributed by atoms with E-state index in [0.29, 0.717) is 6.04 Å². The summed E-state index contributed by atoms with van der Waals surface area (Å²) in [6, 6.07) is 0.435. The predicted molar refractivity (Wildman–Crippen MR) is 66.9 cm³/mol. The quantitative estimate of drug-likeness (QED) is 0.826. The summed E-state index contributed by atoms with van der Waals surface area (Å²) in [5, 5.41) is 7.91. The fraction of sp³-hybridized carbons (Fsp3) is 0.750. The number of hydrogen-bond acceptors (Lipinski definition) is 3. The summed E-state index contributed by atoms with van der Waals surface area (Å²) in [7, 11) is 0. The molecule has 4 nitrogen and oxygen atoms in total. The zero-order chi connectivity index (χ0) is 11.8.